The Labute approximate surface area is 179 Å². The molecule has 2 aromatic heterocycles. The molecule has 1 N–H and O–H groups in total. The van der Waals surface area contributed by atoms with E-state index in [-0.39, 0.29) is 11.6 Å². The molecule has 6 nitrogen and oxygen atoms in total. The first-order chi connectivity index (χ1) is 14.9. The minimum absolute atomic E-state index is 0.0563. The molecule has 5 heterocycles. The molecular weight excluding hydrogens is 400 g/mol. The molecule has 1 aromatic carbocycles. The lowest BCUT2D eigenvalue weighted by Crippen LogP contribution is -2.57. The van der Waals surface area contributed by atoms with Crippen molar-refractivity contribution < 1.29 is 13.5 Å². The minimum atomic E-state index is -2.50. The first-order valence-corrected chi connectivity index (χ1v) is 10.6. The number of alkyl halides is 2. The highest BCUT2D eigenvalue weighted by Gasteiger charge is 2.38. The lowest BCUT2D eigenvalue weighted by atomic mass is 9.97. The number of piperidine rings is 1. The molecule has 0 saturated carbocycles. The van der Waals surface area contributed by atoms with E-state index in [0.29, 0.717) is 23.6 Å². The van der Waals surface area contributed by atoms with E-state index in [1.807, 2.05) is 26.1 Å². The van der Waals surface area contributed by atoms with Gasteiger partial charge in [0.25, 0.3) is 6.43 Å². The van der Waals surface area contributed by atoms with Crippen LogP contribution in [0, 0.1) is 13.8 Å². The Hall–Kier alpha value is -2.87. The van der Waals surface area contributed by atoms with Crippen molar-refractivity contribution in [3.63, 3.8) is 0 Å². The standard InChI is InChI=1S/C23H25F2N5O/c1-12-18(5-4-6-19(12)22(24)25)13(2)27-23-20-7-15(9-26-21(20)14(3)28-29-23)30-10-16-8-17(11-30)31-16/h4-7,9,13,16-17,22H,8,10-11H2,1-3H3,(H,27,29)/t13-,16?,17?/m1/s1. The Balaban J connectivity index is 1.49. The van der Waals surface area contributed by atoms with Crippen LogP contribution in [0.2, 0.25) is 0 Å². The SMILES string of the molecule is Cc1c(C(F)F)cccc1[C@@H](C)Nc1nnc(C)c2ncc(N3CC4CC(C3)O4)cc12. The van der Waals surface area contributed by atoms with Crippen LogP contribution in [0.1, 0.15) is 48.2 Å². The van der Waals surface area contributed by atoms with Gasteiger partial charge in [0.15, 0.2) is 5.82 Å². The smallest absolute Gasteiger partial charge is 0.264 e. The molecule has 0 amide bonds. The lowest BCUT2D eigenvalue weighted by molar-refractivity contribution is -0.133. The van der Waals surface area contributed by atoms with Crippen molar-refractivity contribution >= 4 is 22.4 Å². The van der Waals surface area contributed by atoms with Crippen molar-refractivity contribution in [3.05, 3.63) is 52.8 Å². The number of ether oxygens (including phenoxy) is 1. The second-order valence-electron chi connectivity index (χ2n) is 8.47. The maximum Gasteiger partial charge on any atom is 0.264 e. The van der Waals surface area contributed by atoms with Crippen LogP contribution < -0.4 is 10.2 Å². The summed E-state index contributed by atoms with van der Waals surface area (Å²) in [5.41, 5.74) is 4.02. The van der Waals surface area contributed by atoms with Gasteiger partial charge in [0.05, 0.1) is 41.3 Å². The Morgan fingerprint density at radius 3 is 2.55 bits per heavy atom. The lowest BCUT2D eigenvalue weighted by Gasteiger charge is -2.47. The molecule has 0 radical (unpaired) electrons. The van der Waals surface area contributed by atoms with Crippen molar-refractivity contribution in [1.29, 1.82) is 0 Å². The summed E-state index contributed by atoms with van der Waals surface area (Å²) in [7, 11) is 0. The number of hydrogen-bond acceptors (Lipinski definition) is 6. The molecule has 3 aliphatic heterocycles. The minimum Gasteiger partial charge on any atom is -0.371 e. The van der Waals surface area contributed by atoms with Crippen molar-refractivity contribution in [2.24, 2.45) is 0 Å². The topological polar surface area (TPSA) is 63.2 Å². The number of anilines is 2. The zero-order valence-electron chi connectivity index (χ0n) is 17.8. The average molecular weight is 425 g/mol. The fourth-order valence-corrected chi connectivity index (χ4v) is 4.66. The summed E-state index contributed by atoms with van der Waals surface area (Å²) in [5, 5.41) is 12.9. The summed E-state index contributed by atoms with van der Waals surface area (Å²) >= 11 is 0. The van der Waals surface area contributed by atoms with Gasteiger partial charge in [0.2, 0.25) is 0 Å². The Morgan fingerprint density at radius 2 is 1.84 bits per heavy atom. The van der Waals surface area contributed by atoms with Crippen LogP contribution in [0.15, 0.2) is 30.5 Å². The van der Waals surface area contributed by atoms with Crippen LogP contribution in [0.3, 0.4) is 0 Å². The quantitative estimate of drug-likeness (QED) is 0.638. The second kappa shape index (κ2) is 7.67. The molecule has 3 fully saturated rings. The fourth-order valence-electron chi connectivity index (χ4n) is 4.66. The predicted molar refractivity (Wildman–Crippen MR) is 116 cm³/mol. The van der Waals surface area contributed by atoms with Gasteiger partial charge in [0.1, 0.15) is 0 Å². The van der Waals surface area contributed by atoms with Gasteiger partial charge >= 0.3 is 0 Å². The molecule has 6 rings (SSSR count). The summed E-state index contributed by atoms with van der Waals surface area (Å²) in [6.07, 6.45) is 1.11. The third-order valence-electron chi connectivity index (χ3n) is 6.37. The maximum absolute atomic E-state index is 13.3. The van der Waals surface area contributed by atoms with E-state index in [1.54, 1.807) is 13.0 Å². The molecule has 3 aliphatic rings. The molecular formula is C23H25F2N5O. The fraction of sp³-hybridized carbons (Fsp3) is 0.435. The number of nitrogens with one attached hydrogen (secondary N) is 1. The zero-order valence-corrected chi connectivity index (χ0v) is 17.8. The highest BCUT2D eigenvalue weighted by Crippen LogP contribution is 2.34. The average Bonchev–Trinajstić information content (AvgIpc) is 2.75. The zero-order chi connectivity index (χ0) is 21.7. The Kier molecular flexibility index (Phi) is 4.97. The molecule has 0 aliphatic carbocycles. The van der Waals surface area contributed by atoms with Gasteiger partial charge in [-0.25, -0.2) is 8.78 Å². The van der Waals surface area contributed by atoms with Crippen molar-refractivity contribution in [2.45, 2.75) is 51.9 Å². The summed E-state index contributed by atoms with van der Waals surface area (Å²) in [6, 6.07) is 6.88. The van der Waals surface area contributed by atoms with Crippen molar-refractivity contribution in [3.8, 4) is 0 Å². The van der Waals surface area contributed by atoms with Crippen molar-refractivity contribution in [2.75, 3.05) is 23.3 Å². The van der Waals surface area contributed by atoms with Crippen LogP contribution in [-0.2, 0) is 4.74 Å². The highest BCUT2D eigenvalue weighted by molar-refractivity contribution is 5.92. The molecule has 31 heavy (non-hydrogen) atoms. The molecule has 3 atom stereocenters. The number of aryl methyl sites for hydroxylation is 1. The number of fused-ring (bicyclic) bond motifs is 3. The molecule has 0 spiro atoms. The molecule has 2 unspecified atom stereocenters. The van der Waals surface area contributed by atoms with Crippen LogP contribution in [-0.4, -0.2) is 40.5 Å². The van der Waals surface area contributed by atoms with Crippen LogP contribution in [0.25, 0.3) is 10.9 Å². The number of halogens is 2. The van der Waals surface area contributed by atoms with E-state index in [0.717, 1.165) is 47.4 Å². The number of morpholine rings is 1. The van der Waals surface area contributed by atoms with Gasteiger partial charge in [-0.3, -0.25) is 4.98 Å². The number of rotatable bonds is 5. The Morgan fingerprint density at radius 1 is 1.13 bits per heavy atom. The molecule has 3 saturated heterocycles. The van der Waals surface area contributed by atoms with E-state index in [4.69, 9.17) is 4.74 Å². The van der Waals surface area contributed by atoms with E-state index in [2.05, 4.69) is 31.5 Å². The number of benzene rings is 1. The number of aromatic nitrogens is 3. The summed E-state index contributed by atoms with van der Waals surface area (Å²) in [4.78, 5) is 6.97. The van der Waals surface area contributed by atoms with Gasteiger partial charge < -0.3 is 15.0 Å². The van der Waals surface area contributed by atoms with Crippen molar-refractivity contribution in [1.82, 2.24) is 15.2 Å². The van der Waals surface area contributed by atoms with E-state index in [9.17, 15) is 8.78 Å². The number of hydrogen-bond donors (Lipinski definition) is 1. The first kappa shape index (κ1) is 20.1. The molecule has 8 heteroatoms. The third-order valence-corrected chi connectivity index (χ3v) is 6.37. The summed E-state index contributed by atoms with van der Waals surface area (Å²) < 4.78 is 32.4. The largest absolute Gasteiger partial charge is 0.371 e. The molecule has 162 valence electrons. The number of pyridine rings is 1. The van der Waals surface area contributed by atoms with Crippen LogP contribution >= 0.6 is 0 Å². The van der Waals surface area contributed by atoms with Gasteiger partial charge in [-0.05, 0) is 38.0 Å². The van der Waals surface area contributed by atoms with Gasteiger partial charge in [-0.2, -0.15) is 5.10 Å². The van der Waals surface area contributed by atoms with E-state index in [1.165, 1.54) is 6.07 Å². The van der Waals surface area contributed by atoms with E-state index < -0.39 is 6.43 Å². The second-order valence-corrected chi connectivity index (χ2v) is 8.47. The monoisotopic (exact) mass is 425 g/mol. The Bertz CT molecular complexity index is 1120. The van der Waals surface area contributed by atoms with Gasteiger partial charge in [-0.1, -0.05) is 18.2 Å². The van der Waals surface area contributed by atoms with Gasteiger partial charge in [-0.15, -0.1) is 5.10 Å². The van der Waals surface area contributed by atoms with Crippen LogP contribution in [0.4, 0.5) is 20.3 Å². The molecule has 2 bridgehead atoms. The maximum atomic E-state index is 13.3. The normalized spacial score (nSPS) is 21.3. The van der Waals surface area contributed by atoms with Gasteiger partial charge in [0, 0.05) is 30.5 Å². The highest BCUT2D eigenvalue weighted by atomic mass is 19.3. The molecule has 3 aromatic rings. The van der Waals surface area contributed by atoms with E-state index >= 15 is 0 Å². The summed E-state index contributed by atoms with van der Waals surface area (Å²) in [5.74, 6) is 0.600. The third kappa shape index (κ3) is 3.59. The number of nitrogens with zero attached hydrogens (tertiary/aromatic N) is 4. The summed E-state index contributed by atoms with van der Waals surface area (Å²) in [6.45, 7) is 7.28. The first-order valence-electron chi connectivity index (χ1n) is 10.6. The predicted octanol–water partition coefficient (Wildman–Crippen LogP) is 4.73. The van der Waals surface area contributed by atoms with Crippen LogP contribution in [0.5, 0.6) is 0 Å².